The number of nitrogen functional groups attached to an aromatic ring is 1. The first-order valence-corrected chi connectivity index (χ1v) is 7.33. The van der Waals surface area contributed by atoms with Gasteiger partial charge in [0.05, 0.1) is 5.69 Å². The fraction of sp³-hybridized carbons (Fsp3) is 0.500. The summed E-state index contributed by atoms with van der Waals surface area (Å²) in [5.74, 6) is -0.285. The summed E-state index contributed by atoms with van der Waals surface area (Å²) in [6, 6.07) is 3.35. The van der Waals surface area contributed by atoms with Crippen LogP contribution in [-0.4, -0.2) is 25.3 Å². The zero-order valence-electron chi connectivity index (χ0n) is 10.4. The summed E-state index contributed by atoms with van der Waals surface area (Å²) >= 11 is 0. The maximum Gasteiger partial charge on any atom is 0.245 e. The Balaban J connectivity index is 2.45. The second-order valence-corrected chi connectivity index (χ2v) is 6.81. The lowest BCUT2D eigenvalue weighted by atomic mass is 10.1. The molecule has 1 aromatic carbocycles. The predicted molar refractivity (Wildman–Crippen MR) is 67.9 cm³/mol. The molecule has 2 unspecified atom stereocenters. The summed E-state index contributed by atoms with van der Waals surface area (Å²) in [4.78, 5) is -0.136. The van der Waals surface area contributed by atoms with Crippen molar-refractivity contribution in [2.45, 2.75) is 31.2 Å². The van der Waals surface area contributed by atoms with Crippen LogP contribution in [0.4, 0.5) is 10.1 Å². The molecule has 1 heterocycles. The minimum absolute atomic E-state index is 0.0762. The highest BCUT2D eigenvalue weighted by atomic mass is 32.2. The monoisotopic (exact) mass is 272 g/mol. The molecule has 100 valence electrons. The van der Waals surface area contributed by atoms with Crippen LogP contribution in [0.5, 0.6) is 0 Å². The third kappa shape index (κ3) is 2.22. The molecule has 0 aliphatic carbocycles. The van der Waals surface area contributed by atoms with Crippen molar-refractivity contribution in [3.05, 3.63) is 24.0 Å². The number of hydrogen-bond acceptors (Lipinski definition) is 3. The number of hydrogen-bond donors (Lipinski definition) is 1. The van der Waals surface area contributed by atoms with Gasteiger partial charge < -0.3 is 5.73 Å². The molecular formula is C12H17FN2O2S. The van der Waals surface area contributed by atoms with E-state index in [9.17, 15) is 12.8 Å². The predicted octanol–water partition coefficient (Wildman–Crippen LogP) is 1.83. The van der Waals surface area contributed by atoms with Gasteiger partial charge in [-0.3, -0.25) is 0 Å². The van der Waals surface area contributed by atoms with Crippen LogP contribution in [-0.2, 0) is 10.0 Å². The molecule has 1 fully saturated rings. The highest BCUT2D eigenvalue weighted by Crippen LogP contribution is 2.31. The molecular weight excluding hydrogens is 255 g/mol. The highest BCUT2D eigenvalue weighted by molar-refractivity contribution is 7.89. The summed E-state index contributed by atoms with van der Waals surface area (Å²) in [5.41, 5.74) is 5.74. The molecule has 0 saturated carbocycles. The molecule has 2 rings (SSSR count). The van der Waals surface area contributed by atoms with E-state index in [-0.39, 0.29) is 16.6 Å². The number of benzene rings is 1. The third-order valence-corrected chi connectivity index (χ3v) is 5.32. The van der Waals surface area contributed by atoms with E-state index in [1.165, 1.54) is 10.4 Å². The van der Waals surface area contributed by atoms with Gasteiger partial charge in [-0.15, -0.1) is 0 Å². The summed E-state index contributed by atoms with van der Waals surface area (Å²) in [6.45, 7) is 4.32. The van der Waals surface area contributed by atoms with Gasteiger partial charge >= 0.3 is 0 Å². The van der Waals surface area contributed by atoms with E-state index in [0.717, 1.165) is 18.6 Å². The minimum atomic E-state index is -3.71. The zero-order chi connectivity index (χ0) is 13.5. The second kappa shape index (κ2) is 4.51. The fourth-order valence-electron chi connectivity index (χ4n) is 2.45. The van der Waals surface area contributed by atoms with Gasteiger partial charge in [-0.05, 0) is 37.5 Å². The first-order chi connectivity index (χ1) is 8.32. The lowest BCUT2D eigenvalue weighted by molar-refractivity contribution is 0.405. The minimum Gasteiger partial charge on any atom is -0.398 e. The van der Waals surface area contributed by atoms with Gasteiger partial charge in [-0.2, -0.15) is 4.31 Å². The number of anilines is 1. The molecule has 0 radical (unpaired) electrons. The van der Waals surface area contributed by atoms with Crippen molar-refractivity contribution in [2.75, 3.05) is 12.3 Å². The molecule has 0 aromatic heterocycles. The van der Waals surface area contributed by atoms with Crippen molar-refractivity contribution < 1.29 is 12.8 Å². The fourth-order valence-corrected chi connectivity index (χ4v) is 4.35. The van der Waals surface area contributed by atoms with E-state index < -0.39 is 15.8 Å². The third-order valence-electron chi connectivity index (χ3n) is 3.29. The Kier molecular flexibility index (Phi) is 3.33. The zero-order valence-corrected chi connectivity index (χ0v) is 11.2. The number of nitrogens with two attached hydrogens (primary N) is 1. The molecule has 1 aliphatic rings. The SMILES string of the molecule is CC1CC(C)N(S(=O)(=O)c2cc(F)ccc2N)C1. The summed E-state index contributed by atoms with van der Waals surface area (Å²) in [6.07, 6.45) is 0.814. The molecule has 6 heteroatoms. The smallest absolute Gasteiger partial charge is 0.245 e. The summed E-state index contributed by atoms with van der Waals surface area (Å²) in [5, 5.41) is 0. The van der Waals surface area contributed by atoms with E-state index in [0.29, 0.717) is 12.5 Å². The van der Waals surface area contributed by atoms with E-state index in [1.807, 2.05) is 13.8 Å². The number of sulfonamides is 1. The molecule has 2 atom stereocenters. The molecule has 1 aliphatic heterocycles. The van der Waals surface area contributed by atoms with E-state index in [2.05, 4.69) is 0 Å². The van der Waals surface area contributed by atoms with Crippen molar-refractivity contribution in [3.8, 4) is 0 Å². The van der Waals surface area contributed by atoms with Crippen molar-refractivity contribution in [3.63, 3.8) is 0 Å². The lowest BCUT2D eigenvalue weighted by Gasteiger charge is -2.21. The molecule has 1 saturated heterocycles. The van der Waals surface area contributed by atoms with E-state index in [4.69, 9.17) is 5.73 Å². The maximum absolute atomic E-state index is 13.2. The summed E-state index contributed by atoms with van der Waals surface area (Å²) in [7, 11) is -3.71. The van der Waals surface area contributed by atoms with Gasteiger partial charge in [0.25, 0.3) is 0 Å². The van der Waals surface area contributed by atoms with Crippen molar-refractivity contribution in [1.29, 1.82) is 0 Å². The molecule has 18 heavy (non-hydrogen) atoms. The van der Waals surface area contributed by atoms with Crippen LogP contribution in [0.25, 0.3) is 0 Å². The Morgan fingerprint density at radius 1 is 1.39 bits per heavy atom. The number of halogens is 1. The van der Waals surface area contributed by atoms with Crippen molar-refractivity contribution in [2.24, 2.45) is 5.92 Å². The largest absolute Gasteiger partial charge is 0.398 e. The molecule has 0 spiro atoms. The van der Waals surface area contributed by atoms with Crippen LogP contribution in [0.2, 0.25) is 0 Å². The molecule has 1 aromatic rings. The molecule has 0 amide bonds. The van der Waals surface area contributed by atoms with Gasteiger partial charge in [0.1, 0.15) is 10.7 Å². The van der Waals surface area contributed by atoms with Gasteiger partial charge in [0, 0.05) is 12.6 Å². The van der Waals surface area contributed by atoms with Gasteiger partial charge in [-0.25, -0.2) is 12.8 Å². The lowest BCUT2D eigenvalue weighted by Crippen LogP contribution is -2.34. The van der Waals surface area contributed by atoms with Crippen LogP contribution in [0, 0.1) is 11.7 Å². The van der Waals surface area contributed by atoms with Crippen LogP contribution in [0.15, 0.2) is 23.1 Å². The summed E-state index contributed by atoms with van der Waals surface area (Å²) < 4.78 is 39.5. The Morgan fingerprint density at radius 2 is 2.06 bits per heavy atom. The number of rotatable bonds is 2. The first-order valence-electron chi connectivity index (χ1n) is 5.89. The van der Waals surface area contributed by atoms with Crippen molar-refractivity contribution in [1.82, 2.24) is 4.31 Å². The van der Waals surface area contributed by atoms with E-state index in [1.54, 1.807) is 0 Å². The van der Waals surface area contributed by atoms with Crippen molar-refractivity contribution >= 4 is 15.7 Å². The average molecular weight is 272 g/mol. The number of nitrogens with zero attached hydrogens (tertiary/aromatic N) is 1. The standard InChI is InChI=1S/C12H17FN2O2S/c1-8-5-9(2)15(7-8)18(16,17)12-6-10(13)3-4-11(12)14/h3-4,6,8-9H,5,7,14H2,1-2H3. The Hall–Kier alpha value is -1.14. The normalized spacial score (nSPS) is 25.5. The van der Waals surface area contributed by atoms with E-state index >= 15 is 0 Å². The second-order valence-electron chi connectivity index (χ2n) is 4.95. The van der Waals surface area contributed by atoms with Crippen LogP contribution >= 0.6 is 0 Å². The Labute approximate surface area is 107 Å². The Morgan fingerprint density at radius 3 is 2.61 bits per heavy atom. The van der Waals surface area contributed by atoms with Gasteiger partial charge in [0.2, 0.25) is 10.0 Å². The topological polar surface area (TPSA) is 63.4 Å². The quantitative estimate of drug-likeness (QED) is 0.835. The highest BCUT2D eigenvalue weighted by Gasteiger charge is 2.37. The first kappa shape index (κ1) is 13.3. The van der Waals surface area contributed by atoms with Crippen LogP contribution in [0.3, 0.4) is 0 Å². The molecule has 4 nitrogen and oxygen atoms in total. The van der Waals surface area contributed by atoms with Crippen LogP contribution in [0.1, 0.15) is 20.3 Å². The maximum atomic E-state index is 13.2. The molecule has 0 bridgehead atoms. The van der Waals surface area contributed by atoms with Gasteiger partial charge in [0.15, 0.2) is 0 Å². The average Bonchev–Trinajstić information content (AvgIpc) is 2.62. The van der Waals surface area contributed by atoms with Crippen LogP contribution < -0.4 is 5.73 Å². The molecule has 2 N–H and O–H groups in total. The van der Waals surface area contributed by atoms with Gasteiger partial charge in [-0.1, -0.05) is 6.92 Å². The Bertz CT molecular complexity index is 559.